The maximum atomic E-state index is 11.2. The third kappa shape index (κ3) is 1.84. The van der Waals surface area contributed by atoms with Crippen LogP contribution in [0.3, 0.4) is 0 Å². The van der Waals surface area contributed by atoms with Crippen LogP contribution >= 0.6 is 0 Å². The molecular weight excluding hydrogens is 188 g/mol. The summed E-state index contributed by atoms with van der Waals surface area (Å²) < 4.78 is 4.70. The van der Waals surface area contributed by atoms with Crippen LogP contribution in [0.25, 0.3) is 0 Å². The Kier molecular flexibility index (Phi) is 2.73. The molecule has 0 aromatic rings. The molecule has 6 heteroatoms. The summed E-state index contributed by atoms with van der Waals surface area (Å²) in [6.45, 7) is 3.41. The number of hydrogen-bond acceptors (Lipinski definition) is 5. The lowest BCUT2D eigenvalue weighted by molar-refractivity contribution is -0.138. The summed E-state index contributed by atoms with van der Waals surface area (Å²) in [6.07, 6.45) is 0.0567. The zero-order chi connectivity index (χ0) is 10.8. The number of hydrogen-bond donors (Lipinski definition) is 1. The van der Waals surface area contributed by atoms with Crippen molar-refractivity contribution in [3.05, 3.63) is 0 Å². The number of amides is 1. The van der Waals surface area contributed by atoms with Crippen molar-refractivity contribution in [3.8, 4) is 0 Å². The molecule has 0 saturated carbocycles. The van der Waals surface area contributed by atoms with E-state index in [1.807, 2.05) is 0 Å². The first-order valence-electron chi connectivity index (χ1n) is 4.21. The van der Waals surface area contributed by atoms with Crippen LogP contribution in [0.1, 0.15) is 20.3 Å². The highest BCUT2D eigenvalue weighted by Gasteiger charge is 2.42. The lowest BCUT2D eigenvalue weighted by Gasteiger charge is -2.15. The van der Waals surface area contributed by atoms with Gasteiger partial charge in [0.2, 0.25) is 5.60 Å². The van der Waals surface area contributed by atoms with Gasteiger partial charge >= 0.3 is 5.97 Å². The number of nitrogens with zero attached hydrogens (tertiary/aromatic N) is 1. The van der Waals surface area contributed by atoms with E-state index in [2.05, 4.69) is 5.16 Å². The smallest absolute Gasteiger partial charge is 0.356 e. The summed E-state index contributed by atoms with van der Waals surface area (Å²) in [7, 11) is 0. The topological polar surface area (TPSA) is 91.0 Å². The Morgan fingerprint density at radius 1 is 1.71 bits per heavy atom. The minimum absolute atomic E-state index is 0.0567. The Labute approximate surface area is 81.0 Å². The normalized spacial score (nSPS) is 25.1. The molecule has 1 heterocycles. The molecule has 0 aromatic carbocycles. The molecule has 14 heavy (non-hydrogen) atoms. The standard InChI is InChI=1S/C8H12N2O4/c1-3-13-6(11)5-4-8(2,7(9)12)14-10-5/h3-4H2,1-2H3,(H2,9,12)/t8-/m0/s1. The molecule has 0 spiro atoms. The lowest BCUT2D eigenvalue weighted by Crippen LogP contribution is -2.41. The molecule has 78 valence electrons. The molecule has 1 rings (SSSR count). The van der Waals surface area contributed by atoms with Crippen molar-refractivity contribution in [2.45, 2.75) is 25.9 Å². The first-order chi connectivity index (χ1) is 6.49. The van der Waals surface area contributed by atoms with Crippen LogP contribution in [0.2, 0.25) is 0 Å². The van der Waals surface area contributed by atoms with E-state index in [4.69, 9.17) is 15.3 Å². The van der Waals surface area contributed by atoms with Crippen LogP contribution in [-0.2, 0) is 19.2 Å². The van der Waals surface area contributed by atoms with Crippen molar-refractivity contribution in [1.29, 1.82) is 0 Å². The maximum Gasteiger partial charge on any atom is 0.356 e. The summed E-state index contributed by atoms with van der Waals surface area (Å²) in [6, 6.07) is 0. The largest absolute Gasteiger partial charge is 0.461 e. The fourth-order valence-corrected chi connectivity index (χ4v) is 0.996. The van der Waals surface area contributed by atoms with E-state index in [1.165, 1.54) is 6.92 Å². The number of ether oxygens (including phenoxy) is 1. The Hall–Kier alpha value is -1.59. The fourth-order valence-electron chi connectivity index (χ4n) is 0.996. The number of oxime groups is 1. The van der Waals surface area contributed by atoms with Crippen LogP contribution in [0.4, 0.5) is 0 Å². The van der Waals surface area contributed by atoms with Gasteiger partial charge in [-0.15, -0.1) is 0 Å². The zero-order valence-corrected chi connectivity index (χ0v) is 8.07. The Balaban J connectivity index is 2.64. The monoisotopic (exact) mass is 200 g/mol. The molecule has 0 radical (unpaired) electrons. The summed E-state index contributed by atoms with van der Waals surface area (Å²) in [5.41, 5.74) is 3.95. The molecule has 0 aromatic heterocycles. The van der Waals surface area contributed by atoms with Crippen LogP contribution in [0, 0.1) is 0 Å². The van der Waals surface area contributed by atoms with Crippen molar-refractivity contribution >= 4 is 17.6 Å². The molecule has 1 aliphatic rings. The molecule has 2 N–H and O–H groups in total. The molecular formula is C8H12N2O4. The van der Waals surface area contributed by atoms with Gasteiger partial charge in [0.25, 0.3) is 5.91 Å². The van der Waals surface area contributed by atoms with Gasteiger partial charge in [0, 0.05) is 0 Å². The van der Waals surface area contributed by atoms with Gasteiger partial charge in [0.05, 0.1) is 13.0 Å². The predicted octanol–water partition coefficient (Wildman–Crippen LogP) is -0.430. The summed E-state index contributed by atoms with van der Waals surface area (Å²) in [5, 5.41) is 3.47. The van der Waals surface area contributed by atoms with Crippen molar-refractivity contribution in [1.82, 2.24) is 0 Å². The number of nitrogens with two attached hydrogens (primary N) is 1. The lowest BCUT2D eigenvalue weighted by atomic mass is 9.99. The van der Waals surface area contributed by atoms with E-state index >= 15 is 0 Å². The van der Waals surface area contributed by atoms with Gasteiger partial charge in [0.1, 0.15) is 0 Å². The van der Waals surface area contributed by atoms with Crippen LogP contribution < -0.4 is 5.73 Å². The van der Waals surface area contributed by atoms with Crippen molar-refractivity contribution in [2.75, 3.05) is 6.61 Å². The number of esters is 1. The second-order valence-corrected chi connectivity index (χ2v) is 3.12. The first kappa shape index (κ1) is 10.5. The van der Waals surface area contributed by atoms with E-state index < -0.39 is 17.5 Å². The SMILES string of the molecule is CCOC(=O)C1=NO[C@](C)(C(N)=O)C1. The number of carbonyl (C=O) groups excluding carboxylic acids is 2. The first-order valence-corrected chi connectivity index (χ1v) is 4.21. The molecule has 0 fully saturated rings. The molecule has 1 aliphatic heterocycles. The number of primary amides is 1. The summed E-state index contributed by atoms with van der Waals surface area (Å²) in [4.78, 5) is 26.9. The van der Waals surface area contributed by atoms with Gasteiger partial charge in [-0.2, -0.15) is 0 Å². The maximum absolute atomic E-state index is 11.2. The van der Waals surface area contributed by atoms with Gasteiger partial charge in [-0.3, -0.25) is 4.79 Å². The van der Waals surface area contributed by atoms with E-state index in [9.17, 15) is 9.59 Å². The van der Waals surface area contributed by atoms with Crippen molar-refractivity contribution in [3.63, 3.8) is 0 Å². The second kappa shape index (κ2) is 3.65. The molecule has 0 saturated heterocycles. The van der Waals surface area contributed by atoms with Crippen LogP contribution in [0.15, 0.2) is 5.16 Å². The Morgan fingerprint density at radius 2 is 2.36 bits per heavy atom. The quantitative estimate of drug-likeness (QED) is 0.626. The molecule has 0 bridgehead atoms. The van der Waals surface area contributed by atoms with Crippen LogP contribution in [0.5, 0.6) is 0 Å². The van der Waals surface area contributed by atoms with E-state index in [1.54, 1.807) is 6.92 Å². The van der Waals surface area contributed by atoms with E-state index in [-0.39, 0.29) is 18.7 Å². The third-order valence-electron chi connectivity index (χ3n) is 1.89. The second-order valence-electron chi connectivity index (χ2n) is 3.12. The zero-order valence-electron chi connectivity index (χ0n) is 8.07. The summed E-state index contributed by atoms with van der Waals surface area (Å²) >= 11 is 0. The minimum atomic E-state index is -1.22. The molecule has 6 nitrogen and oxygen atoms in total. The highest BCUT2D eigenvalue weighted by atomic mass is 16.7. The van der Waals surface area contributed by atoms with E-state index in [0.29, 0.717) is 0 Å². The molecule has 0 aliphatic carbocycles. The van der Waals surface area contributed by atoms with Crippen LogP contribution in [-0.4, -0.2) is 29.8 Å². The van der Waals surface area contributed by atoms with Gasteiger partial charge < -0.3 is 15.3 Å². The third-order valence-corrected chi connectivity index (χ3v) is 1.89. The fraction of sp³-hybridized carbons (Fsp3) is 0.625. The Morgan fingerprint density at radius 3 is 2.79 bits per heavy atom. The highest BCUT2D eigenvalue weighted by molar-refractivity contribution is 6.37. The average molecular weight is 200 g/mol. The number of rotatable bonds is 3. The molecule has 1 amide bonds. The summed E-state index contributed by atoms with van der Waals surface area (Å²) in [5.74, 6) is -1.22. The van der Waals surface area contributed by atoms with Gasteiger partial charge in [-0.1, -0.05) is 5.16 Å². The van der Waals surface area contributed by atoms with E-state index in [0.717, 1.165) is 0 Å². The van der Waals surface area contributed by atoms with Gasteiger partial charge in [-0.05, 0) is 13.8 Å². The van der Waals surface area contributed by atoms with Gasteiger partial charge in [-0.25, -0.2) is 4.79 Å². The minimum Gasteiger partial charge on any atom is -0.461 e. The van der Waals surface area contributed by atoms with Crippen molar-refractivity contribution in [2.24, 2.45) is 10.9 Å². The van der Waals surface area contributed by atoms with Gasteiger partial charge in [0.15, 0.2) is 5.71 Å². The predicted molar refractivity (Wildman–Crippen MR) is 47.4 cm³/mol. The molecule has 0 unspecified atom stereocenters. The average Bonchev–Trinajstić information content (AvgIpc) is 2.50. The molecule has 1 atom stereocenters. The highest BCUT2D eigenvalue weighted by Crippen LogP contribution is 2.23. The Bertz CT molecular complexity index is 300. The number of carbonyl (C=O) groups is 2. The van der Waals surface area contributed by atoms with Crippen molar-refractivity contribution < 1.29 is 19.2 Å².